The van der Waals surface area contributed by atoms with E-state index in [4.69, 9.17) is 0 Å². The number of rotatable bonds is 5. The van der Waals surface area contributed by atoms with E-state index in [1.807, 2.05) is 6.07 Å². The molecular weight excluding hydrogens is 394 g/mol. The summed E-state index contributed by atoms with van der Waals surface area (Å²) < 4.78 is 25.6. The van der Waals surface area contributed by atoms with Crippen LogP contribution in [-0.4, -0.2) is 35.3 Å². The minimum atomic E-state index is -3.99. The molecule has 2 N–H and O–H groups in total. The second-order valence-corrected chi connectivity index (χ2v) is 8.71. The van der Waals surface area contributed by atoms with Gasteiger partial charge in [-0.3, -0.25) is 20.0 Å². The van der Waals surface area contributed by atoms with Gasteiger partial charge in [0.15, 0.2) is 9.84 Å². The van der Waals surface area contributed by atoms with Crippen LogP contribution < -0.4 is 11.0 Å². The Morgan fingerprint density at radius 3 is 2.66 bits per heavy atom. The summed E-state index contributed by atoms with van der Waals surface area (Å²) in [6.07, 6.45) is 3.18. The van der Waals surface area contributed by atoms with Crippen LogP contribution >= 0.6 is 0 Å². The van der Waals surface area contributed by atoms with Crippen LogP contribution in [0.4, 0.5) is 0 Å². The number of aromatic nitrogens is 2. The molecule has 0 aliphatic rings. The molecule has 152 valence electrons. The zero-order valence-electron chi connectivity index (χ0n) is 16.3. The number of sulfone groups is 1. The lowest BCUT2D eigenvalue weighted by atomic mass is 10.0. The van der Waals surface area contributed by atoms with Crippen LogP contribution in [0.2, 0.25) is 0 Å². The number of carbonyl (C=O) groups excluding carboxylic acids is 1. The van der Waals surface area contributed by atoms with Gasteiger partial charge < -0.3 is 5.11 Å². The van der Waals surface area contributed by atoms with Crippen molar-refractivity contribution in [1.29, 1.82) is 0 Å². The van der Waals surface area contributed by atoms with E-state index in [0.29, 0.717) is 22.2 Å². The Kier molecular flexibility index (Phi) is 5.43. The van der Waals surface area contributed by atoms with Crippen molar-refractivity contribution in [2.24, 2.45) is 0 Å². The first kappa shape index (κ1) is 20.5. The maximum absolute atomic E-state index is 13.0. The number of aromatic hydroxyl groups is 1. The first-order valence-electron chi connectivity index (χ1n) is 8.98. The second kappa shape index (κ2) is 7.67. The molecule has 0 spiro atoms. The van der Waals surface area contributed by atoms with Crippen LogP contribution in [0.25, 0.3) is 22.0 Å². The molecule has 2 aromatic heterocycles. The van der Waals surface area contributed by atoms with E-state index in [9.17, 15) is 23.1 Å². The van der Waals surface area contributed by atoms with Crippen molar-refractivity contribution in [2.45, 2.75) is 31.6 Å². The summed E-state index contributed by atoms with van der Waals surface area (Å²) in [5.74, 6) is -1.03. The molecule has 0 aliphatic carbocycles. The molecule has 29 heavy (non-hydrogen) atoms. The third-order valence-electron chi connectivity index (χ3n) is 4.53. The SMILES string of the molecule is CCCC(=O)Nn1c(O)c(C)c(-c2ccc3cccnc3c2)c(S(C)(=O)=O)c1=O. The van der Waals surface area contributed by atoms with Gasteiger partial charge in [0.05, 0.1) is 5.52 Å². The Balaban J connectivity index is 2.34. The molecular formula is C20H21N3O5S. The molecule has 0 aliphatic heterocycles. The fourth-order valence-corrected chi connectivity index (χ4v) is 4.23. The highest BCUT2D eigenvalue weighted by Gasteiger charge is 2.27. The molecule has 0 saturated carbocycles. The lowest BCUT2D eigenvalue weighted by Crippen LogP contribution is -2.36. The van der Waals surface area contributed by atoms with Crippen molar-refractivity contribution in [3.05, 3.63) is 52.4 Å². The van der Waals surface area contributed by atoms with Crippen LogP contribution in [0.5, 0.6) is 5.88 Å². The third-order valence-corrected chi connectivity index (χ3v) is 5.65. The maximum Gasteiger partial charge on any atom is 0.291 e. The number of hydrogen-bond acceptors (Lipinski definition) is 6. The Bertz CT molecular complexity index is 1280. The van der Waals surface area contributed by atoms with Crippen LogP contribution in [0.1, 0.15) is 25.3 Å². The van der Waals surface area contributed by atoms with Crippen molar-refractivity contribution in [2.75, 3.05) is 11.7 Å². The number of nitrogens with one attached hydrogen (secondary N) is 1. The number of hydrogen-bond donors (Lipinski definition) is 2. The van der Waals surface area contributed by atoms with Crippen molar-refractivity contribution >= 4 is 26.6 Å². The number of amides is 1. The van der Waals surface area contributed by atoms with E-state index in [1.165, 1.54) is 6.92 Å². The van der Waals surface area contributed by atoms with Gasteiger partial charge in [0.25, 0.3) is 5.56 Å². The van der Waals surface area contributed by atoms with Gasteiger partial charge in [-0.25, -0.2) is 8.42 Å². The van der Waals surface area contributed by atoms with E-state index < -0.39 is 32.1 Å². The number of pyridine rings is 2. The van der Waals surface area contributed by atoms with Crippen LogP contribution in [0, 0.1) is 6.92 Å². The Morgan fingerprint density at radius 1 is 1.28 bits per heavy atom. The van der Waals surface area contributed by atoms with E-state index >= 15 is 0 Å². The molecule has 0 unspecified atom stereocenters. The topological polar surface area (TPSA) is 118 Å². The minimum absolute atomic E-state index is 0.0866. The summed E-state index contributed by atoms with van der Waals surface area (Å²) in [6, 6.07) is 8.72. The first-order chi connectivity index (χ1) is 13.6. The molecule has 3 aromatic rings. The van der Waals surface area contributed by atoms with E-state index in [0.717, 1.165) is 11.6 Å². The highest BCUT2D eigenvalue weighted by molar-refractivity contribution is 7.90. The van der Waals surface area contributed by atoms with Crippen molar-refractivity contribution in [3.63, 3.8) is 0 Å². The third kappa shape index (κ3) is 3.86. The normalized spacial score (nSPS) is 11.6. The van der Waals surface area contributed by atoms with Crippen molar-refractivity contribution in [1.82, 2.24) is 9.66 Å². The van der Waals surface area contributed by atoms with Gasteiger partial charge >= 0.3 is 0 Å². The Labute approximate surface area is 167 Å². The van der Waals surface area contributed by atoms with Gasteiger partial charge in [-0.2, -0.15) is 4.68 Å². The van der Waals surface area contributed by atoms with Gasteiger partial charge in [-0.15, -0.1) is 0 Å². The molecule has 2 heterocycles. The smallest absolute Gasteiger partial charge is 0.291 e. The molecule has 3 rings (SSSR count). The maximum atomic E-state index is 13.0. The number of fused-ring (bicyclic) bond motifs is 1. The quantitative estimate of drug-likeness (QED) is 0.660. The largest absolute Gasteiger partial charge is 0.493 e. The van der Waals surface area contributed by atoms with Gasteiger partial charge in [-0.1, -0.05) is 25.1 Å². The average molecular weight is 415 g/mol. The highest BCUT2D eigenvalue weighted by atomic mass is 32.2. The molecule has 8 nitrogen and oxygen atoms in total. The summed E-state index contributed by atoms with van der Waals surface area (Å²) in [6.45, 7) is 3.27. The molecule has 0 radical (unpaired) electrons. The predicted octanol–water partition coefficient (Wildman–Crippen LogP) is 2.35. The van der Waals surface area contributed by atoms with Gasteiger partial charge in [0, 0.05) is 35.4 Å². The van der Waals surface area contributed by atoms with Gasteiger partial charge in [0.1, 0.15) is 4.90 Å². The molecule has 1 aromatic carbocycles. The predicted molar refractivity (Wildman–Crippen MR) is 110 cm³/mol. The summed E-state index contributed by atoms with van der Waals surface area (Å²) in [5.41, 5.74) is 2.54. The molecule has 0 bridgehead atoms. The monoisotopic (exact) mass is 415 g/mol. The summed E-state index contributed by atoms with van der Waals surface area (Å²) in [7, 11) is -3.99. The first-order valence-corrected chi connectivity index (χ1v) is 10.9. The lowest BCUT2D eigenvalue weighted by Gasteiger charge is -2.18. The van der Waals surface area contributed by atoms with E-state index in [-0.39, 0.29) is 17.5 Å². The molecule has 0 atom stereocenters. The van der Waals surface area contributed by atoms with Crippen molar-refractivity contribution in [3.8, 4) is 17.0 Å². The molecule has 9 heteroatoms. The minimum Gasteiger partial charge on any atom is -0.493 e. The second-order valence-electron chi connectivity index (χ2n) is 6.76. The van der Waals surface area contributed by atoms with Crippen LogP contribution in [0.3, 0.4) is 0 Å². The Morgan fingerprint density at radius 2 is 2.00 bits per heavy atom. The number of nitrogens with zero attached hydrogens (tertiary/aromatic N) is 2. The highest BCUT2D eigenvalue weighted by Crippen LogP contribution is 2.34. The van der Waals surface area contributed by atoms with E-state index in [1.54, 1.807) is 37.4 Å². The summed E-state index contributed by atoms with van der Waals surface area (Å²) in [4.78, 5) is 28.7. The number of benzene rings is 1. The summed E-state index contributed by atoms with van der Waals surface area (Å²) in [5, 5.41) is 11.4. The number of carbonyl (C=O) groups is 1. The molecule has 1 amide bonds. The van der Waals surface area contributed by atoms with Gasteiger partial charge in [0.2, 0.25) is 11.8 Å². The fraction of sp³-hybridized carbons (Fsp3) is 0.250. The van der Waals surface area contributed by atoms with Crippen LogP contribution in [0.15, 0.2) is 46.2 Å². The standard InChI is InChI=1S/C20H21N3O5S/c1-4-6-16(24)22-23-19(25)12(2)17(18(20(23)26)29(3,27)28)14-9-8-13-7-5-10-21-15(13)11-14/h5,7-11,25H,4,6H2,1-3H3,(H,22,24). The Hall–Kier alpha value is -3.20. The zero-order valence-corrected chi connectivity index (χ0v) is 17.1. The average Bonchev–Trinajstić information content (AvgIpc) is 2.66. The zero-order chi connectivity index (χ0) is 21.3. The van der Waals surface area contributed by atoms with Crippen LogP contribution in [-0.2, 0) is 14.6 Å². The summed E-state index contributed by atoms with van der Waals surface area (Å²) >= 11 is 0. The molecule has 0 saturated heterocycles. The fourth-order valence-electron chi connectivity index (χ4n) is 3.18. The van der Waals surface area contributed by atoms with Crippen molar-refractivity contribution < 1.29 is 18.3 Å². The molecule has 0 fully saturated rings. The van der Waals surface area contributed by atoms with E-state index in [2.05, 4.69) is 10.4 Å². The lowest BCUT2D eigenvalue weighted by molar-refractivity contribution is -0.117. The van der Waals surface area contributed by atoms with Gasteiger partial charge in [-0.05, 0) is 31.0 Å².